The second-order valence-electron chi connectivity index (χ2n) is 3.02. The Balaban J connectivity index is 3.04. The van der Waals surface area contributed by atoms with Crippen molar-refractivity contribution in [3.8, 4) is 0 Å². The maximum Gasteiger partial charge on any atom is -0.0123 e. The van der Waals surface area contributed by atoms with Gasteiger partial charge < -0.3 is 0 Å². The summed E-state index contributed by atoms with van der Waals surface area (Å²) in [5.41, 5.74) is 3.86. The van der Waals surface area contributed by atoms with Crippen molar-refractivity contribution in [2.24, 2.45) is 0 Å². The molecule has 0 saturated heterocycles. The third-order valence-electron chi connectivity index (χ3n) is 1.93. The molecule has 0 N–H and O–H groups in total. The lowest BCUT2D eigenvalue weighted by atomic mass is 10.0. The van der Waals surface area contributed by atoms with Gasteiger partial charge in [0.2, 0.25) is 0 Å². The predicted octanol–water partition coefficient (Wildman–Crippen LogP) is 3.42. The molecule has 0 unspecified atom stereocenters. The Hall–Kier alpha value is -1.04. The fraction of sp³-hybridized carbons (Fsp3) is 0.333. The Bertz CT molecular complexity index is 262. The first-order valence-corrected chi connectivity index (χ1v) is 4.40. The summed E-state index contributed by atoms with van der Waals surface area (Å²) in [5, 5.41) is 0. The molecule has 1 radical (unpaired) electrons. The predicted molar refractivity (Wildman–Crippen MR) is 53.1 cm³/mol. The topological polar surface area (TPSA) is 0 Å². The van der Waals surface area contributed by atoms with E-state index >= 15 is 0 Å². The third kappa shape index (κ3) is 1.97. The van der Waals surface area contributed by atoms with Gasteiger partial charge in [-0.25, -0.2) is 0 Å². The molecule has 63 valence electrons. The maximum absolute atomic E-state index is 3.31. The van der Waals surface area contributed by atoms with E-state index in [1.54, 1.807) is 0 Å². The summed E-state index contributed by atoms with van der Waals surface area (Å²) in [6.07, 6.45) is 6.43. The fourth-order valence-corrected chi connectivity index (χ4v) is 1.25. The van der Waals surface area contributed by atoms with E-state index in [1.807, 2.05) is 0 Å². The van der Waals surface area contributed by atoms with Crippen LogP contribution in [0.4, 0.5) is 0 Å². The minimum absolute atomic E-state index is 1.05. The molecule has 0 aliphatic rings. The number of aryl methyl sites for hydroxylation is 2. The number of hydrogen-bond donors (Lipinski definition) is 0. The van der Waals surface area contributed by atoms with Crippen LogP contribution in [0.5, 0.6) is 0 Å². The molecule has 0 aliphatic carbocycles. The summed E-state index contributed by atoms with van der Waals surface area (Å²) in [5.74, 6) is 0. The molecule has 0 amide bonds. The van der Waals surface area contributed by atoms with Gasteiger partial charge in [-0.2, -0.15) is 0 Å². The minimum atomic E-state index is 1.05. The van der Waals surface area contributed by atoms with Crippen LogP contribution in [0.1, 0.15) is 30.0 Å². The van der Waals surface area contributed by atoms with Gasteiger partial charge in [0.25, 0.3) is 0 Å². The standard InChI is InChI=1S/C12H15/c1-4-5-9-12-10(2)7-6-8-11(12)3/h5-8H,4H2,1-3H3. The monoisotopic (exact) mass is 159 g/mol. The molecule has 0 fully saturated rings. The zero-order chi connectivity index (χ0) is 8.97. The van der Waals surface area contributed by atoms with Crippen LogP contribution in [0, 0.1) is 19.9 Å². The number of rotatable bonds is 2. The van der Waals surface area contributed by atoms with Gasteiger partial charge in [0.1, 0.15) is 0 Å². The van der Waals surface area contributed by atoms with Crippen molar-refractivity contribution >= 4 is 0 Å². The van der Waals surface area contributed by atoms with Gasteiger partial charge in [-0.15, -0.1) is 0 Å². The summed E-state index contributed by atoms with van der Waals surface area (Å²) in [4.78, 5) is 0. The summed E-state index contributed by atoms with van der Waals surface area (Å²) in [7, 11) is 0. The van der Waals surface area contributed by atoms with E-state index in [1.165, 1.54) is 16.7 Å². The molecule has 1 rings (SSSR count). The molecule has 0 bridgehead atoms. The molecular formula is C12H15. The van der Waals surface area contributed by atoms with Crippen LogP contribution in [0.25, 0.3) is 0 Å². The molecule has 0 aliphatic heterocycles. The molecule has 0 saturated carbocycles. The summed E-state index contributed by atoms with van der Waals surface area (Å²) < 4.78 is 0. The largest absolute Gasteiger partial charge is 0.0763 e. The molecular weight excluding hydrogens is 144 g/mol. The first kappa shape index (κ1) is 9.05. The van der Waals surface area contributed by atoms with Crippen molar-refractivity contribution in [1.82, 2.24) is 0 Å². The number of allylic oxidation sites excluding steroid dienone is 1. The first-order valence-electron chi connectivity index (χ1n) is 4.40. The lowest BCUT2D eigenvalue weighted by molar-refractivity contribution is 1.20. The fourth-order valence-electron chi connectivity index (χ4n) is 1.25. The highest BCUT2D eigenvalue weighted by Crippen LogP contribution is 2.12. The van der Waals surface area contributed by atoms with Gasteiger partial charge in [-0.3, -0.25) is 0 Å². The Morgan fingerprint density at radius 3 is 2.33 bits per heavy atom. The van der Waals surface area contributed by atoms with E-state index < -0.39 is 0 Å². The van der Waals surface area contributed by atoms with Crippen LogP contribution >= 0.6 is 0 Å². The zero-order valence-electron chi connectivity index (χ0n) is 8.02. The van der Waals surface area contributed by atoms with Crippen LogP contribution in [0.3, 0.4) is 0 Å². The number of benzene rings is 1. The van der Waals surface area contributed by atoms with Gasteiger partial charge in [-0.05, 0) is 43.0 Å². The summed E-state index contributed by atoms with van der Waals surface area (Å²) >= 11 is 0. The lowest BCUT2D eigenvalue weighted by Gasteiger charge is -2.02. The third-order valence-corrected chi connectivity index (χ3v) is 1.93. The molecule has 0 aromatic heterocycles. The normalized spacial score (nSPS) is 10.9. The van der Waals surface area contributed by atoms with Crippen molar-refractivity contribution in [2.45, 2.75) is 27.2 Å². The first-order chi connectivity index (χ1) is 5.75. The SMILES string of the molecule is CC/C=[C]\c1c(C)cccc1C. The molecule has 12 heavy (non-hydrogen) atoms. The highest BCUT2D eigenvalue weighted by Gasteiger charge is 1.96. The molecule has 1 aromatic rings. The molecule has 0 atom stereocenters. The Morgan fingerprint density at radius 1 is 1.25 bits per heavy atom. The minimum Gasteiger partial charge on any atom is -0.0763 e. The number of hydrogen-bond acceptors (Lipinski definition) is 0. The second-order valence-corrected chi connectivity index (χ2v) is 3.02. The van der Waals surface area contributed by atoms with E-state index in [0.717, 1.165) is 6.42 Å². The Morgan fingerprint density at radius 2 is 1.83 bits per heavy atom. The van der Waals surface area contributed by atoms with E-state index in [2.05, 4.69) is 51.1 Å². The van der Waals surface area contributed by atoms with E-state index in [0.29, 0.717) is 0 Å². The van der Waals surface area contributed by atoms with Gasteiger partial charge in [-0.1, -0.05) is 31.2 Å². The zero-order valence-corrected chi connectivity index (χ0v) is 8.02. The Labute approximate surface area is 74.9 Å². The molecule has 0 heteroatoms. The van der Waals surface area contributed by atoms with Crippen molar-refractivity contribution in [1.29, 1.82) is 0 Å². The van der Waals surface area contributed by atoms with Crippen LogP contribution in [0.2, 0.25) is 0 Å². The highest BCUT2D eigenvalue weighted by atomic mass is 14.0. The summed E-state index contributed by atoms with van der Waals surface area (Å²) in [6, 6.07) is 6.33. The quantitative estimate of drug-likeness (QED) is 0.620. The van der Waals surface area contributed by atoms with Crippen molar-refractivity contribution < 1.29 is 0 Å². The van der Waals surface area contributed by atoms with Crippen molar-refractivity contribution in [3.63, 3.8) is 0 Å². The maximum atomic E-state index is 3.31. The Kier molecular flexibility index (Phi) is 3.09. The average molecular weight is 159 g/mol. The molecule has 0 nitrogen and oxygen atoms in total. The molecule has 0 spiro atoms. The van der Waals surface area contributed by atoms with Gasteiger partial charge in [0.05, 0.1) is 0 Å². The van der Waals surface area contributed by atoms with Crippen LogP contribution in [-0.2, 0) is 0 Å². The van der Waals surface area contributed by atoms with E-state index in [4.69, 9.17) is 0 Å². The van der Waals surface area contributed by atoms with Crippen LogP contribution in [-0.4, -0.2) is 0 Å². The van der Waals surface area contributed by atoms with Gasteiger partial charge >= 0.3 is 0 Å². The van der Waals surface area contributed by atoms with E-state index in [9.17, 15) is 0 Å². The smallest absolute Gasteiger partial charge is 0.0123 e. The molecule has 1 aromatic carbocycles. The van der Waals surface area contributed by atoms with Crippen LogP contribution in [0.15, 0.2) is 24.3 Å². The van der Waals surface area contributed by atoms with Gasteiger partial charge in [0.15, 0.2) is 0 Å². The highest BCUT2D eigenvalue weighted by molar-refractivity contribution is 5.37. The van der Waals surface area contributed by atoms with Crippen molar-refractivity contribution in [2.75, 3.05) is 0 Å². The molecule has 0 heterocycles. The van der Waals surface area contributed by atoms with Gasteiger partial charge in [0, 0.05) is 0 Å². The summed E-state index contributed by atoms with van der Waals surface area (Å²) in [6.45, 7) is 6.37. The van der Waals surface area contributed by atoms with Crippen LogP contribution < -0.4 is 0 Å². The van der Waals surface area contributed by atoms with Crippen molar-refractivity contribution in [3.05, 3.63) is 47.0 Å². The average Bonchev–Trinajstić information content (AvgIpc) is 2.04. The lowest BCUT2D eigenvalue weighted by Crippen LogP contribution is -1.86. The van der Waals surface area contributed by atoms with E-state index in [-0.39, 0.29) is 0 Å². The second kappa shape index (κ2) is 4.10.